The summed E-state index contributed by atoms with van der Waals surface area (Å²) in [5.74, 6) is 1.63. The minimum atomic E-state index is 0.388. The molecule has 0 atom stereocenters. The molecule has 0 aliphatic rings. The Kier molecular flexibility index (Phi) is 2.73. The zero-order chi connectivity index (χ0) is 11.7. The molecule has 0 unspecified atom stereocenters. The SMILES string of the molecule is Cc1ccoc1-c1noc(N)c1CC(C)C. The van der Waals surface area contributed by atoms with E-state index in [9.17, 15) is 0 Å². The van der Waals surface area contributed by atoms with E-state index >= 15 is 0 Å². The number of hydrogen-bond acceptors (Lipinski definition) is 4. The molecule has 0 fully saturated rings. The van der Waals surface area contributed by atoms with Gasteiger partial charge in [-0.2, -0.15) is 0 Å². The van der Waals surface area contributed by atoms with E-state index in [0.717, 1.165) is 29.0 Å². The first kappa shape index (κ1) is 10.8. The number of furan rings is 1. The molecule has 2 heterocycles. The molecule has 0 saturated heterocycles. The smallest absolute Gasteiger partial charge is 0.226 e. The van der Waals surface area contributed by atoms with Gasteiger partial charge in [-0.15, -0.1) is 0 Å². The second kappa shape index (κ2) is 4.04. The standard InChI is InChI=1S/C12H16N2O2/c1-7(2)6-9-10(14-16-12(9)13)11-8(3)4-5-15-11/h4-5,7H,6,13H2,1-3H3. The van der Waals surface area contributed by atoms with Crippen molar-refractivity contribution in [2.24, 2.45) is 5.92 Å². The number of aromatic nitrogens is 1. The van der Waals surface area contributed by atoms with Crippen molar-refractivity contribution in [3.63, 3.8) is 0 Å². The average molecular weight is 220 g/mol. The maximum atomic E-state index is 5.77. The van der Waals surface area contributed by atoms with Crippen molar-refractivity contribution in [1.82, 2.24) is 5.16 Å². The molecule has 0 radical (unpaired) electrons. The Hall–Kier alpha value is -1.71. The quantitative estimate of drug-likeness (QED) is 0.863. The fraction of sp³-hybridized carbons (Fsp3) is 0.417. The van der Waals surface area contributed by atoms with Gasteiger partial charge in [-0.3, -0.25) is 0 Å². The summed E-state index contributed by atoms with van der Waals surface area (Å²) in [6.45, 7) is 6.24. The largest absolute Gasteiger partial charge is 0.462 e. The average Bonchev–Trinajstić information content (AvgIpc) is 2.75. The molecule has 0 aromatic carbocycles. The van der Waals surface area contributed by atoms with E-state index in [4.69, 9.17) is 14.7 Å². The molecule has 0 aliphatic carbocycles. The molecule has 2 N–H and O–H groups in total. The van der Waals surface area contributed by atoms with Crippen LogP contribution in [0.25, 0.3) is 11.5 Å². The van der Waals surface area contributed by atoms with Crippen molar-refractivity contribution in [2.45, 2.75) is 27.2 Å². The summed E-state index contributed by atoms with van der Waals surface area (Å²) < 4.78 is 10.5. The van der Waals surface area contributed by atoms with Crippen LogP contribution >= 0.6 is 0 Å². The van der Waals surface area contributed by atoms with Gasteiger partial charge in [-0.1, -0.05) is 19.0 Å². The highest BCUT2D eigenvalue weighted by molar-refractivity contribution is 5.65. The summed E-state index contributed by atoms with van der Waals surface area (Å²) in [6, 6.07) is 1.90. The highest BCUT2D eigenvalue weighted by atomic mass is 16.5. The summed E-state index contributed by atoms with van der Waals surface area (Å²) in [5, 5.41) is 3.98. The Bertz CT molecular complexity index is 483. The Labute approximate surface area is 94.4 Å². The lowest BCUT2D eigenvalue weighted by Crippen LogP contribution is -1.98. The van der Waals surface area contributed by atoms with E-state index in [2.05, 4.69) is 19.0 Å². The molecular formula is C12H16N2O2. The first-order chi connectivity index (χ1) is 7.59. The summed E-state index contributed by atoms with van der Waals surface area (Å²) in [7, 11) is 0. The highest BCUT2D eigenvalue weighted by Gasteiger charge is 2.19. The van der Waals surface area contributed by atoms with Gasteiger partial charge in [0.05, 0.1) is 6.26 Å². The van der Waals surface area contributed by atoms with Crippen LogP contribution in [0.5, 0.6) is 0 Å². The van der Waals surface area contributed by atoms with Crippen LogP contribution in [0.1, 0.15) is 25.0 Å². The number of nitrogen functional groups attached to an aromatic ring is 1. The van der Waals surface area contributed by atoms with Crippen LogP contribution in [0.4, 0.5) is 5.88 Å². The maximum Gasteiger partial charge on any atom is 0.226 e. The Balaban J connectivity index is 2.46. The van der Waals surface area contributed by atoms with Crippen LogP contribution < -0.4 is 5.73 Å². The van der Waals surface area contributed by atoms with E-state index in [1.165, 1.54) is 0 Å². The molecule has 0 amide bonds. The predicted molar refractivity (Wildman–Crippen MR) is 61.9 cm³/mol. The Morgan fingerprint density at radius 1 is 1.44 bits per heavy atom. The van der Waals surface area contributed by atoms with Gasteiger partial charge in [-0.05, 0) is 30.9 Å². The van der Waals surface area contributed by atoms with Crippen LogP contribution in [0.2, 0.25) is 0 Å². The molecule has 2 rings (SSSR count). The monoisotopic (exact) mass is 220 g/mol. The zero-order valence-corrected chi connectivity index (χ0v) is 9.78. The van der Waals surface area contributed by atoms with E-state index in [1.807, 2.05) is 13.0 Å². The van der Waals surface area contributed by atoms with E-state index in [1.54, 1.807) is 6.26 Å². The molecular weight excluding hydrogens is 204 g/mol. The second-order valence-electron chi connectivity index (χ2n) is 4.40. The van der Waals surface area contributed by atoms with Crippen LogP contribution in [0, 0.1) is 12.8 Å². The Morgan fingerprint density at radius 3 is 2.75 bits per heavy atom. The summed E-state index contributed by atoms with van der Waals surface area (Å²) in [5.41, 5.74) is 8.48. The normalized spacial score (nSPS) is 11.2. The first-order valence-electron chi connectivity index (χ1n) is 5.38. The van der Waals surface area contributed by atoms with E-state index < -0.39 is 0 Å². The molecule has 4 heteroatoms. The van der Waals surface area contributed by atoms with E-state index in [-0.39, 0.29) is 0 Å². The lowest BCUT2D eigenvalue weighted by Gasteiger charge is -2.03. The molecule has 0 bridgehead atoms. The van der Waals surface area contributed by atoms with Crippen molar-refractivity contribution in [1.29, 1.82) is 0 Å². The van der Waals surface area contributed by atoms with Gasteiger partial charge in [0.25, 0.3) is 0 Å². The summed E-state index contributed by atoms with van der Waals surface area (Å²) >= 11 is 0. The topological polar surface area (TPSA) is 65.2 Å². The van der Waals surface area contributed by atoms with Gasteiger partial charge in [0, 0.05) is 5.56 Å². The third-order valence-electron chi connectivity index (χ3n) is 2.51. The second-order valence-corrected chi connectivity index (χ2v) is 4.40. The highest BCUT2D eigenvalue weighted by Crippen LogP contribution is 2.31. The molecule has 2 aromatic rings. The molecule has 0 spiro atoms. The van der Waals surface area contributed by atoms with Gasteiger partial charge in [-0.25, -0.2) is 0 Å². The van der Waals surface area contributed by atoms with Crippen molar-refractivity contribution in [3.8, 4) is 11.5 Å². The fourth-order valence-electron chi connectivity index (χ4n) is 1.72. The van der Waals surface area contributed by atoms with Gasteiger partial charge in [0.2, 0.25) is 5.88 Å². The minimum Gasteiger partial charge on any atom is -0.462 e. The molecule has 16 heavy (non-hydrogen) atoms. The number of aryl methyl sites for hydroxylation is 1. The summed E-state index contributed by atoms with van der Waals surface area (Å²) in [6.07, 6.45) is 2.49. The molecule has 4 nitrogen and oxygen atoms in total. The predicted octanol–water partition coefficient (Wildman–Crippen LogP) is 3.02. The molecule has 0 aliphatic heterocycles. The number of rotatable bonds is 3. The zero-order valence-electron chi connectivity index (χ0n) is 9.78. The third-order valence-corrected chi connectivity index (χ3v) is 2.51. The van der Waals surface area contributed by atoms with Crippen LogP contribution in [0.3, 0.4) is 0 Å². The Morgan fingerprint density at radius 2 is 2.19 bits per heavy atom. The van der Waals surface area contributed by atoms with Gasteiger partial charge in [0.15, 0.2) is 11.5 Å². The van der Waals surface area contributed by atoms with Crippen LogP contribution in [0.15, 0.2) is 21.3 Å². The number of nitrogens with zero attached hydrogens (tertiary/aromatic N) is 1. The van der Waals surface area contributed by atoms with Crippen molar-refractivity contribution in [2.75, 3.05) is 5.73 Å². The minimum absolute atomic E-state index is 0.388. The van der Waals surface area contributed by atoms with E-state index in [0.29, 0.717) is 11.8 Å². The van der Waals surface area contributed by atoms with Crippen LogP contribution in [-0.2, 0) is 6.42 Å². The van der Waals surface area contributed by atoms with Gasteiger partial charge in [0.1, 0.15) is 0 Å². The van der Waals surface area contributed by atoms with Crippen molar-refractivity contribution < 1.29 is 8.94 Å². The molecule has 0 saturated carbocycles. The molecule has 86 valence electrons. The third kappa shape index (κ3) is 1.83. The van der Waals surface area contributed by atoms with Gasteiger partial charge < -0.3 is 14.7 Å². The number of hydrogen-bond donors (Lipinski definition) is 1. The molecule has 2 aromatic heterocycles. The maximum absolute atomic E-state index is 5.77. The summed E-state index contributed by atoms with van der Waals surface area (Å²) in [4.78, 5) is 0. The van der Waals surface area contributed by atoms with Crippen molar-refractivity contribution in [3.05, 3.63) is 23.5 Å². The number of anilines is 1. The van der Waals surface area contributed by atoms with Crippen molar-refractivity contribution >= 4 is 5.88 Å². The number of nitrogens with two attached hydrogens (primary N) is 1. The van der Waals surface area contributed by atoms with Gasteiger partial charge >= 0.3 is 0 Å². The lowest BCUT2D eigenvalue weighted by atomic mass is 10.0. The fourth-order valence-corrected chi connectivity index (χ4v) is 1.72. The first-order valence-corrected chi connectivity index (χ1v) is 5.38. The van der Waals surface area contributed by atoms with Crippen LogP contribution in [-0.4, -0.2) is 5.16 Å². The lowest BCUT2D eigenvalue weighted by molar-refractivity contribution is 0.434.